The number of hydrogen-bond donors (Lipinski definition) is 2. The molecule has 0 saturated carbocycles. The number of nitrogens with zero attached hydrogens (tertiary/aromatic N) is 1. The van der Waals surface area contributed by atoms with Gasteiger partial charge in [-0.2, -0.15) is 0 Å². The second-order valence-corrected chi connectivity index (χ2v) is 3.76. The standard InChI is InChI=1S/C10H18N2O3/c1-5-6-10(3,9(14)15)12(4)8(13)7(2)11/h5,7H,1,6,11H2,2-4H3,(H,14,15). The number of aliphatic carboxylic acids is 1. The summed E-state index contributed by atoms with van der Waals surface area (Å²) in [6.07, 6.45) is 1.65. The first-order valence-corrected chi connectivity index (χ1v) is 4.65. The predicted molar refractivity (Wildman–Crippen MR) is 57.3 cm³/mol. The lowest BCUT2D eigenvalue weighted by Crippen LogP contribution is -2.56. The quantitative estimate of drug-likeness (QED) is 0.641. The minimum absolute atomic E-state index is 0.178. The highest BCUT2D eigenvalue weighted by Gasteiger charge is 2.39. The van der Waals surface area contributed by atoms with E-state index in [0.29, 0.717) is 0 Å². The van der Waals surface area contributed by atoms with E-state index >= 15 is 0 Å². The number of carbonyl (C=O) groups is 2. The van der Waals surface area contributed by atoms with E-state index in [0.717, 1.165) is 4.90 Å². The molecule has 86 valence electrons. The molecule has 0 aromatic carbocycles. The Balaban J connectivity index is 5.01. The van der Waals surface area contributed by atoms with Crippen molar-refractivity contribution < 1.29 is 14.7 Å². The van der Waals surface area contributed by atoms with E-state index in [9.17, 15) is 9.59 Å². The van der Waals surface area contributed by atoms with Crippen LogP contribution in [0, 0.1) is 0 Å². The van der Waals surface area contributed by atoms with Gasteiger partial charge in [-0.15, -0.1) is 6.58 Å². The average Bonchev–Trinajstić information content (AvgIpc) is 2.15. The van der Waals surface area contributed by atoms with Crippen LogP contribution in [0.5, 0.6) is 0 Å². The Labute approximate surface area is 89.6 Å². The minimum atomic E-state index is -1.29. The smallest absolute Gasteiger partial charge is 0.329 e. The summed E-state index contributed by atoms with van der Waals surface area (Å²) in [5, 5.41) is 9.08. The molecule has 0 spiro atoms. The van der Waals surface area contributed by atoms with Crippen molar-refractivity contribution in [2.75, 3.05) is 7.05 Å². The van der Waals surface area contributed by atoms with E-state index in [2.05, 4.69) is 6.58 Å². The Morgan fingerprint density at radius 2 is 2.13 bits per heavy atom. The van der Waals surface area contributed by atoms with Crippen LogP contribution in [-0.2, 0) is 9.59 Å². The zero-order chi connectivity index (χ0) is 12.2. The summed E-state index contributed by atoms with van der Waals surface area (Å²) in [5.41, 5.74) is 4.13. The molecule has 0 heterocycles. The number of carboxylic acid groups (broad SMARTS) is 1. The van der Waals surface area contributed by atoms with Gasteiger partial charge in [0.15, 0.2) is 0 Å². The molecule has 1 amide bonds. The summed E-state index contributed by atoms with van der Waals surface area (Å²) < 4.78 is 0. The molecule has 2 atom stereocenters. The number of nitrogens with two attached hydrogens (primary N) is 1. The summed E-state index contributed by atoms with van der Waals surface area (Å²) >= 11 is 0. The molecule has 15 heavy (non-hydrogen) atoms. The van der Waals surface area contributed by atoms with Crippen molar-refractivity contribution in [2.24, 2.45) is 5.73 Å². The van der Waals surface area contributed by atoms with Crippen LogP contribution in [-0.4, -0.2) is 40.5 Å². The van der Waals surface area contributed by atoms with E-state index in [-0.39, 0.29) is 6.42 Å². The van der Waals surface area contributed by atoms with Crippen LogP contribution in [0.15, 0.2) is 12.7 Å². The molecule has 0 aliphatic carbocycles. The Morgan fingerprint density at radius 1 is 1.67 bits per heavy atom. The monoisotopic (exact) mass is 214 g/mol. The fourth-order valence-corrected chi connectivity index (χ4v) is 1.20. The van der Waals surface area contributed by atoms with Crippen molar-refractivity contribution in [2.45, 2.75) is 31.8 Å². The van der Waals surface area contributed by atoms with E-state index in [1.165, 1.54) is 27.0 Å². The lowest BCUT2D eigenvalue weighted by atomic mass is 9.95. The number of likely N-dealkylation sites (N-methyl/N-ethyl adjacent to an activating group) is 1. The highest BCUT2D eigenvalue weighted by atomic mass is 16.4. The highest BCUT2D eigenvalue weighted by Crippen LogP contribution is 2.19. The Morgan fingerprint density at radius 3 is 2.40 bits per heavy atom. The molecule has 0 radical (unpaired) electrons. The predicted octanol–water partition coefficient (Wildman–Crippen LogP) is 0.211. The average molecular weight is 214 g/mol. The molecule has 3 N–H and O–H groups in total. The molecule has 0 aromatic rings. The van der Waals surface area contributed by atoms with Crippen molar-refractivity contribution in [1.82, 2.24) is 4.90 Å². The molecule has 0 fully saturated rings. The molecule has 0 bridgehead atoms. The van der Waals surface area contributed by atoms with Crippen LogP contribution in [0.1, 0.15) is 20.3 Å². The van der Waals surface area contributed by atoms with E-state index in [1.54, 1.807) is 0 Å². The molecular weight excluding hydrogens is 196 g/mol. The third-order valence-electron chi connectivity index (χ3n) is 2.46. The minimum Gasteiger partial charge on any atom is -0.479 e. The molecule has 0 saturated heterocycles. The Bertz CT molecular complexity index is 276. The molecule has 5 heteroatoms. The lowest BCUT2D eigenvalue weighted by molar-refractivity contribution is -0.156. The van der Waals surface area contributed by atoms with Gasteiger partial charge in [0.05, 0.1) is 6.04 Å². The summed E-state index contributed by atoms with van der Waals surface area (Å²) in [6, 6.07) is -0.710. The van der Waals surface area contributed by atoms with Crippen LogP contribution < -0.4 is 5.73 Å². The van der Waals surface area contributed by atoms with Crippen molar-refractivity contribution in [1.29, 1.82) is 0 Å². The summed E-state index contributed by atoms with van der Waals surface area (Å²) in [5.74, 6) is -1.47. The summed E-state index contributed by atoms with van der Waals surface area (Å²) in [6.45, 7) is 6.47. The number of carboxylic acids is 1. The maximum Gasteiger partial charge on any atom is 0.329 e. The lowest BCUT2D eigenvalue weighted by Gasteiger charge is -2.35. The summed E-state index contributed by atoms with van der Waals surface area (Å²) in [7, 11) is 1.43. The summed E-state index contributed by atoms with van der Waals surface area (Å²) in [4.78, 5) is 23.8. The van der Waals surface area contributed by atoms with Gasteiger partial charge in [-0.05, 0) is 20.3 Å². The highest BCUT2D eigenvalue weighted by molar-refractivity contribution is 5.89. The SMILES string of the molecule is C=CCC(C)(C(=O)O)N(C)C(=O)C(C)N. The van der Waals surface area contributed by atoms with Crippen molar-refractivity contribution in [3.05, 3.63) is 12.7 Å². The van der Waals surface area contributed by atoms with Crippen molar-refractivity contribution in [3.63, 3.8) is 0 Å². The molecular formula is C10H18N2O3. The first-order valence-electron chi connectivity index (χ1n) is 4.65. The van der Waals surface area contributed by atoms with Gasteiger partial charge in [-0.1, -0.05) is 6.08 Å². The molecule has 2 unspecified atom stereocenters. The third kappa shape index (κ3) is 2.79. The Kier molecular flexibility index (Phi) is 4.48. The number of rotatable bonds is 5. The first-order chi connectivity index (χ1) is 6.77. The Hall–Kier alpha value is -1.36. The fourth-order valence-electron chi connectivity index (χ4n) is 1.20. The van der Waals surface area contributed by atoms with Gasteiger partial charge in [0.1, 0.15) is 5.54 Å². The second-order valence-electron chi connectivity index (χ2n) is 3.76. The topological polar surface area (TPSA) is 83.6 Å². The van der Waals surface area contributed by atoms with Gasteiger partial charge < -0.3 is 15.7 Å². The van der Waals surface area contributed by atoms with Crippen molar-refractivity contribution >= 4 is 11.9 Å². The van der Waals surface area contributed by atoms with E-state index < -0.39 is 23.5 Å². The molecule has 0 aromatic heterocycles. The van der Waals surface area contributed by atoms with E-state index in [1.807, 2.05) is 0 Å². The molecule has 0 rings (SSSR count). The van der Waals surface area contributed by atoms with Crippen LogP contribution in [0.2, 0.25) is 0 Å². The number of amides is 1. The second kappa shape index (κ2) is 4.93. The van der Waals surface area contributed by atoms with Gasteiger partial charge in [-0.3, -0.25) is 4.79 Å². The number of carbonyl (C=O) groups excluding carboxylic acids is 1. The number of hydrogen-bond acceptors (Lipinski definition) is 3. The maximum atomic E-state index is 11.6. The van der Waals surface area contributed by atoms with E-state index in [4.69, 9.17) is 10.8 Å². The van der Waals surface area contributed by atoms with Gasteiger partial charge in [0, 0.05) is 7.05 Å². The fraction of sp³-hybridized carbons (Fsp3) is 0.600. The van der Waals surface area contributed by atoms with Crippen LogP contribution in [0.25, 0.3) is 0 Å². The van der Waals surface area contributed by atoms with Crippen LogP contribution in [0.3, 0.4) is 0 Å². The first kappa shape index (κ1) is 13.6. The van der Waals surface area contributed by atoms with Crippen LogP contribution >= 0.6 is 0 Å². The molecule has 0 aliphatic rings. The van der Waals surface area contributed by atoms with Gasteiger partial charge in [-0.25, -0.2) is 4.79 Å². The van der Waals surface area contributed by atoms with Crippen LogP contribution in [0.4, 0.5) is 0 Å². The zero-order valence-corrected chi connectivity index (χ0v) is 9.36. The normalized spacial score (nSPS) is 16.3. The zero-order valence-electron chi connectivity index (χ0n) is 9.36. The van der Waals surface area contributed by atoms with Gasteiger partial charge in [0.2, 0.25) is 5.91 Å². The van der Waals surface area contributed by atoms with Crippen molar-refractivity contribution in [3.8, 4) is 0 Å². The third-order valence-corrected chi connectivity index (χ3v) is 2.46. The van der Waals surface area contributed by atoms with Gasteiger partial charge >= 0.3 is 5.97 Å². The largest absolute Gasteiger partial charge is 0.479 e. The van der Waals surface area contributed by atoms with Gasteiger partial charge in [0.25, 0.3) is 0 Å². The molecule has 5 nitrogen and oxygen atoms in total. The maximum absolute atomic E-state index is 11.6. The molecule has 0 aliphatic heterocycles.